The number of carbonyl (C=O) groups is 2. The average molecular weight is 173 g/mol. The predicted octanol–water partition coefficient (Wildman–Crippen LogP) is -0.528. The molecule has 0 aliphatic carbocycles. The summed E-state index contributed by atoms with van der Waals surface area (Å²) in [5, 5.41) is 19.3. The molecule has 0 radical (unpaired) electrons. The lowest BCUT2D eigenvalue weighted by Crippen LogP contribution is -2.42. The molecular weight excluding hydrogens is 162 g/mol. The summed E-state index contributed by atoms with van der Waals surface area (Å²) in [6.07, 6.45) is 1.53. The zero-order chi connectivity index (χ0) is 9.78. The molecule has 12 heavy (non-hydrogen) atoms. The van der Waals surface area contributed by atoms with Crippen LogP contribution in [-0.2, 0) is 9.59 Å². The molecule has 1 amide bonds. The van der Waals surface area contributed by atoms with Gasteiger partial charge in [-0.1, -0.05) is 0 Å². The Balaban J connectivity index is 3.99. The van der Waals surface area contributed by atoms with Gasteiger partial charge in [-0.15, -0.1) is 0 Å². The summed E-state index contributed by atoms with van der Waals surface area (Å²) >= 11 is 0. The topological polar surface area (TPSA) is 86.6 Å². The first-order valence-electron chi connectivity index (χ1n) is 3.27. The second-order valence-corrected chi connectivity index (χ2v) is 2.72. The fourth-order valence-corrected chi connectivity index (χ4v) is 0.490. The largest absolute Gasteiger partial charge is 0.478 e. The molecule has 0 rings (SSSR count). The molecule has 3 N–H and O–H groups in total. The highest BCUT2D eigenvalue weighted by molar-refractivity contribution is 5.94. The Morgan fingerprint density at radius 2 is 1.83 bits per heavy atom. The third kappa shape index (κ3) is 6.76. The first-order valence-corrected chi connectivity index (χ1v) is 3.27. The van der Waals surface area contributed by atoms with Gasteiger partial charge in [0, 0.05) is 12.2 Å². The molecule has 0 bridgehead atoms. The molecule has 68 valence electrons. The van der Waals surface area contributed by atoms with Crippen LogP contribution in [0.25, 0.3) is 0 Å². The van der Waals surface area contributed by atoms with Crippen molar-refractivity contribution in [3.63, 3.8) is 0 Å². The predicted molar refractivity (Wildman–Crippen MR) is 41.2 cm³/mol. The molecule has 5 heteroatoms. The van der Waals surface area contributed by atoms with E-state index in [0.29, 0.717) is 6.08 Å². The van der Waals surface area contributed by atoms with E-state index in [1.807, 2.05) is 0 Å². The van der Waals surface area contributed by atoms with Crippen LogP contribution < -0.4 is 5.32 Å². The van der Waals surface area contributed by atoms with Gasteiger partial charge < -0.3 is 15.5 Å². The molecule has 0 saturated carbocycles. The van der Waals surface area contributed by atoms with Crippen molar-refractivity contribution in [2.24, 2.45) is 0 Å². The van der Waals surface area contributed by atoms with Crippen molar-refractivity contribution < 1.29 is 19.8 Å². The lowest BCUT2D eigenvalue weighted by molar-refractivity contribution is -0.132. The van der Waals surface area contributed by atoms with Crippen LogP contribution in [0.15, 0.2) is 12.2 Å². The van der Waals surface area contributed by atoms with E-state index in [4.69, 9.17) is 10.2 Å². The van der Waals surface area contributed by atoms with E-state index in [2.05, 4.69) is 5.32 Å². The Morgan fingerprint density at radius 1 is 1.33 bits per heavy atom. The summed E-state index contributed by atoms with van der Waals surface area (Å²) in [4.78, 5) is 20.7. The molecule has 0 fully saturated rings. The monoisotopic (exact) mass is 173 g/mol. The number of carboxylic acid groups (broad SMARTS) is 1. The Kier molecular flexibility index (Phi) is 3.43. The number of amides is 1. The minimum absolute atomic E-state index is 0.648. The normalized spacial score (nSPS) is 11.6. The van der Waals surface area contributed by atoms with E-state index in [0.717, 1.165) is 6.08 Å². The Morgan fingerprint density at radius 3 is 2.17 bits per heavy atom. The van der Waals surface area contributed by atoms with Crippen LogP contribution in [0.2, 0.25) is 0 Å². The summed E-state index contributed by atoms with van der Waals surface area (Å²) in [6.45, 7) is 2.75. The lowest BCUT2D eigenvalue weighted by atomic mass is 10.3. The zero-order valence-electron chi connectivity index (χ0n) is 6.87. The molecule has 0 aromatic rings. The van der Waals surface area contributed by atoms with Crippen molar-refractivity contribution >= 4 is 11.9 Å². The maximum absolute atomic E-state index is 10.7. The summed E-state index contributed by atoms with van der Waals surface area (Å²) in [7, 11) is 0. The minimum atomic E-state index is -1.33. The van der Waals surface area contributed by atoms with Crippen LogP contribution in [-0.4, -0.2) is 27.8 Å². The highest BCUT2D eigenvalue weighted by atomic mass is 16.4. The highest BCUT2D eigenvalue weighted by Gasteiger charge is 2.13. The van der Waals surface area contributed by atoms with Gasteiger partial charge >= 0.3 is 5.97 Å². The summed E-state index contributed by atoms with van der Waals surface area (Å²) in [5.41, 5.74) is -1.33. The number of carboxylic acids is 1. The van der Waals surface area contributed by atoms with E-state index in [-0.39, 0.29) is 0 Å². The van der Waals surface area contributed by atoms with Crippen molar-refractivity contribution in [3.8, 4) is 0 Å². The van der Waals surface area contributed by atoms with Gasteiger partial charge in [-0.25, -0.2) is 4.79 Å². The van der Waals surface area contributed by atoms with Gasteiger partial charge in [0.25, 0.3) is 0 Å². The van der Waals surface area contributed by atoms with Crippen molar-refractivity contribution in [3.05, 3.63) is 12.2 Å². The van der Waals surface area contributed by atoms with Gasteiger partial charge in [0.15, 0.2) is 0 Å². The molecule has 0 spiro atoms. The zero-order valence-corrected chi connectivity index (χ0v) is 6.87. The number of aliphatic carboxylic acids is 1. The van der Waals surface area contributed by atoms with Gasteiger partial charge in [0.2, 0.25) is 5.91 Å². The van der Waals surface area contributed by atoms with Crippen molar-refractivity contribution in [2.75, 3.05) is 0 Å². The Labute approximate surface area is 69.7 Å². The quantitative estimate of drug-likeness (QED) is 0.395. The molecule has 0 saturated heterocycles. The van der Waals surface area contributed by atoms with E-state index >= 15 is 0 Å². The summed E-state index contributed by atoms with van der Waals surface area (Å²) in [6, 6.07) is 0. The first kappa shape index (κ1) is 10.6. The molecule has 0 aliphatic rings. The van der Waals surface area contributed by atoms with Crippen LogP contribution in [0, 0.1) is 0 Å². The third-order valence-electron chi connectivity index (χ3n) is 0.806. The Hall–Kier alpha value is -1.36. The number of carbonyl (C=O) groups excluding carboxylic acids is 1. The highest BCUT2D eigenvalue weighted by Crippen LogP contribution is 1.93. The van der Waals surface area contributed by atoms with Crippen molar-refractivity contribution in [1.82, 2.24) is 5.32 Å². The number of rotatable bonds is 3. The summed E-state index contributed by atoms with van der Waals surface area (Å²) < 4.78 is 0. The van der Waals surface area contributed by atoms with E-state index in [9.17, 15) is 9.59 Å². The molecule has 0 atom stereocenters. The standard InChI is InChI=1S/C7H11NO4/c1-7(2,12)8-5(9)3-4-6(10)11/h3-4,12H,1-2H3,(H,8,9)(H,10,11)/b4-3+. The molecule has 0 unspecified atom stereocenters. The minimum Gasteiger partial charge on any atom is -0.478 e. The van der Waals surface area contributed by atoms with E-state index in [1.54, 1.807) is 0 Å². The number of hydrogen-bond donors (Lipinski definition) is 3. The average Bonchev–Trinajstić information content (AvgIpc) is 1.79. The molecule has 0 aromatic carbocycles. The maximum Gasteiger partial charge on any atom is 0.328 e. The third-order valence-corrected chi connectivity index (χ3v) is 0.806. The molecule has 0 aliphatic heterocycles. The fraction of sp³-hybridized carbons (Fsp3) is 0.429. The second-order valence-electron chi connectivity index (χ2n) is 2.72. The molecule has 5 nitrogen and oxygen atoms in total. The first-order chi connectivity index (χ1) is 5.31. The van der Waals surface area contributed by atoms with Gasteiger partial charge in [0.05, 0.1) is 0 Å². The maximum atomic E-state index is 10.7. The van der Waals surface area contributed by atoms with Crippen LogP contribution in [0.3, 0.4) is 0 Å². The second kappa shape index (κ2) is 3.87. The SMILES string of the molecule is CC(C)(O)NC(=O)/C=C/C(=O)O. The van der Waals surface area contributed by atoms with E-state index < -0.39 is 17.6 Å². The molecular formula is C7H11NO4. The van der Waals surface area contributed by atoms with Crippen LogP contribution >= 0.6 is 0 Å². The Bertz CT molecular complexity index is 214. The van der Waals surface area contributed by atoms with Gasteiger partial charge in [-0.3, -0.25) is 4.79 Å². The smallest absolute Gasteiger partial charge is 0.328 e. The van der Waals surface area contributed by atoms with Crippen LogP contribution in [0.4, 0.5) is 0 Å². The number of nitrogens with one attached hydrogen (secondary N) is 1. The summed E-state index contributed by atoms with van der Waals surface area (Å²) in [5.74, 6) is -1.86. The number of aliphatic hydroxyl groups is 1. The van der Waals surface area contributed by atoms with Crippen molar-refractivity contribution in [2.45, 2.75) is 19.6 Å². The van der Waals surface area contributed by atoms with Crippen molar-refractivity contribution in [1.29, 1.82) is 0 Å². The fourth-order valence-electron chi connectivity index (χ4n) is 0.490. The molecule has 0 heterocycles. The van der Waals surface area contributed by atoms with E-state index in [1.165, 1.54) is 13.8 Å². The number of hydrogen-bond acceptors (Lipinski definition) is 3. The lowest BCUT2D eigenvalue weighted by Gasteiger charge is -2.17. The van der Waals surface area contributed by atoms with Crippen LogP contribution in [0.1, 0.15) is 13.8 Å². The van der Waals surface area contributed by atoms with Gasteiger partial charge in [-0.2, -0.15) is 0 Å². The van der Waals surface area contributed by atoms with Gasteiger partial charge in [-0.05, 0) is 13.8 Å². The van der Waals surface area contributed by atoms with Gasteiger partial charge in [0.1, 0.15) is 5.72 Å². The van der Waals surface area contributed by atoms with Crippen LogP contribution in [0.5, 0.6) is 0 Å². The molecule has 0 aromatic heterocycles.